The lowest BCUT2D eigenvalue weighted by atomic mass is 9.80. The Morgan fingerprint density at radius 3 is 1.89 bits per heavy atom. The van der Waals surface area contributed by atoms with Gasteiger partial charge < -0.3 is 13.7 Å². The fourth-order valence-electron chi connectivity index (χ4n) is 8.80. The highest BCUT2D eigenvalue weighted by Crippen LogP contribution is 2.49. The molecule has 0 bridgehead atoms. The van der Waals surface area contributed by atoms with Crippen LogP contribution >= 0.6 is 0 Å². The highest BCUT2D eigenvalue weighted by atomic mass is 16.3. The van der Waals surface area contributed by atoms with Crippen molar-refractivity contribution in [3.05, 3.63) is 210 Å². The Hall–Kier alpha value is -7.10. The van der Waals surface area contributed by atoms with Crippen LogP contribution in [0.4, 0.5) is 17.1 Å². The summed E-state index contributed by atoms with van der Waals surface area (Å²) in [6.45, 7) is 0. The average Bonchev–Trinajstić information content (AvgIpc) is 3.84. The first-order valence-corrected chi connectivity index (χ1v) is 18.9. The highest BCUT2D eigenvalue weighted by molar-refractivity contribution is 6.19. The molecule has 260 valence electrons. The van der Waals surface area contributed by atoms with Crippen molar-refractivity contribution in [2.75, 3.05) is 4.90 Å². The molecule has 1 aliphatic rings. The van der Waals surface area contributed by atoms with Crippen LogP contribution in [0.15, 0.2) is 197 Å². The van der Waals surface area contributed by atoms with Gasteiger partial charge in [0.2, 0.25) is 0 Å². The number of rotatable bonds is 6. The Labute approximate surface area is 318 Å². The summed E-state index contributed by atoms with van der Waals surface area (Å²) < 4.78 is 13.2. The lowest BCUT2D eigenvalue weighted by Gasteiger charge is -2.28. The second-order valence-electron chi connectivity index (χ2n) is 14.3. The average molecular weight is 706 g/mol. The maximum Gasteiger partial charge on any atom is 0.145 e. The molecule has 1 atom stereocenters. The van der Waals surface area contributed by atoms with Crippen molar-refractivity contribution in [3.63, 3.8) is 0 Å². The van der Waals surface area contributed by atoms with Crippen LogP contribution in [0.5, 0.6) is 0 Å². The van der Waals surface area contributed by atoms with Gasteiger partial charge in [-0.2, -0.15) is 0 Å². The molecule has 1 aliphatic carbocycles. The van der Waals surface area contributed by atoms with Gasteiger partial charge in [-0.25, -0.2) is 0 Å². The van der Waals surface area contributed by atoms with E-state index in [1.807, 2.05) is 12.1 Å². The van der Waals surface area contributed by atoms with Crippen LogP contribution in [-0.4, -0.2) is 0 Å². The Kier molecular flexibility index (Phi) is 7.31. The molecule has 3 nitrogen and oxygen atoms in total. The zero-order valence-electron chi connectivity index (χ0n) is 30.0. The normalized spacial score (nSPS) is 14.0. The van der Waals surface area contributed by atoms with E-state index in [0.717, 1.165) is 78.5 Å². The topological polar surface area (TPSA) is 29.5 Å². The number of benzene rings is 8. The zero-order valence-corrected chi connectivity index (χ0v) is 30.0. The first-order valence-electron chi connectivity index (χ1n) is 18.9. The molecule has 2 heterocycles. The van der Waals surface area contributed by atoms with Crippen molar-refractivity contribution in [2.45, 2.75) is 12.3 Å². The molecule has 0 aliphatic heterocycles. The number of fused-ring (bicyclic) bond motifs is 7. The first-order chi connectivity index (χ1) is 27.3. The zero-order chi connectivity index (χ0) is 36.3. The Balaban J connectivity index is 1.18. The van der Waals surface area contributed by atoms with Crippen molar-refractivity contribution in [3.8, 4) is 11.1 Å². The van der Waals surface area contributed by atoms with E-state index in [1.54, 1.807) is 0 Å². The van der Waals surface area contributed by atoms with Gasteiger partial charge in [0.15, 0.2) is 0 Å². The molecule has 55 heavy (non-hydrogen) atoms. The molecule has 1 unspecified atom stereocenters. The first kappa shape index (κ1) is 31.4. The molecule has 0 N–H and O–H groups in total. The quantitative estimate of drug-likeness (QED) is 0.172. The van der Waals surface area contributed by atoms with E-state index < -0.39 is 0 Å². The lowest BCUT2D eigenvalue weighted by molar-refractivity contribution is 0.669. The molecule has 0 amide bonds. The molecular weight excluding hydrogens is 671 g/mol. The van der Waals surface area contributed by atoms with E-state index in [2.05, 4.69) is 187 Å². The molecule has 8 aromatic carbocycles. The molecule has 0 radical (unpaired) electrons. The summed E-state index contributed by atoms with van der Waals surface area (Å²) in [5, 5.41) is 6.89. The summed E-state index contributed by atoms with van der Waals surface area (Å²) >= 11 is 0. The molecule has 11 rings (SSSR count). The smallest absolute Gasteiger partial charge is 0.145 e. The van der Waals surface area contributed by atoms with Crippen molar-refractivity contribution in [1.29, 1.82) is 0 Å². The summed E-state index contributed by atoms with van der Waals surface area (Å²) in [6, 6.07) is 67.0. The van der Waals surface area contributed by atoms with Crippen molar-refractivity contribution < 1.29 is 8.83 Å². The summed E-state index contributed by atoms with van der Waals surface area (Å²) in [7, 11) is 0. The minimum absolute atomic E-state index is 0.256. The highest BCUT2D eigenvalue weighted by Gasteiger charge is 2.26. The molecule has 2 aromatic heterocycles. The summed E-state index contributed by atoms with van der Waals surface area (Å²) in [4.78, 5) is 2.40. The maximum atomic E-state index is 6.78. The van der Waals surface area contributed by atoms with E-state index in [4.69, 9.17) is 8.83 Å². The third-order valence-electron chi connectivity index (χ3n) is 11.3. The molecule has 0 fully saturated rings. The van der Waals surface area contributed by atoms with Gasteiger partial charge >= 0.3 is 0 Å². The van der Waals surface area contributed by atoms with Gasteiger partial charge in [-0.1, -0.05) is 146 Å². The molecule has 0 saturated carbocycles. The Morgan fingerprint density at radius 2 is 1.09 bits per heavy atom. The molecular formula is C52H35NO2. The van der Waals surface area contributed by atoms with E-state index in [9.17, 15) is 0 Å². The fourth-order valence-corrected chi connectivity index (χ4v) is 8.80. The minimum Gasteiger partial charge on any atom is -0.456 e. The van der Waals surface area contributed by atoms with Crippen molar-refractivity contribution >= 4 is 72.6 Å². The van der Waals surface area contributed by atoms with Gasteiger partial charge in [-0.05, 0) is 87.7 Å². The summed E-state index contributed by atoms with van der Waals surface area (Å²) in [6.07, 6.45) is 3.35. The van der Waals surface area contributed by atoms with Crippen molar-refractivity contribution in [2.24, 2.45) is 0 Å². The van der Waals surface area contributed by atoms with E-state index in [1.165, 1.54) is 27.1 Å². The van der Waals surface area contributed by atoms with Crippen LogP contribution in [0.1, 0.15) is 23.5 Å². The monoisotopic (exact) mass is 705 g/mol. The predicted octanol–water partition coefficient (Wildman–Crippen LogP) is 12.8. The van der Waals surface area contributed by atoms with E-state index >= 15 is 0 Å². The number of anilines is 3. The Bertz CT molecular complexity index is 3170. The molecule has 0 spiro atoms. The second kappa shape index (κ2) is 12.8. The van der Waals surface area contributed by atoms with E-state index in [-0.39, 0.29) is 5.92 Å². The van der Waals surface area contributed by atoms with Crippen LogP contribution in [0, 0.1) is 0 Å². The summed E-state index contributed by atoms with van der Waals surface area (Å²) in [5.41, 5.74) is 12.7. The van der Waals surface area contributed by atoms with Crippen molar-refractivity contribution in [1.82, 2.24) is 0 Å². The SMILES string of the molecule is C1=c2ccccc2=C(c2ccc(N(c3cccc4oc5ccccc5c34)c3ccc(-c4ccccc4)c4oc5ccccc5c34)cc2)C(c2ccccc2)C1. The van der Waals surface area contributed by atoms with E-state index in [0.29, 0.717) is 0 Å². The van der Waals surface area contributed by atoms with Crippen LogP contribution in [0.2, 0.25) is 0 Å². The third-order valence-corrected chi connectivity index (χ3v) is 11.3. The van der Waals surface area contributed by atoms with Gasteiger partial charge in [0.05, 0.1) is 22.1 Å². The van der Waals surface area contributed by atoms with Crippen LogP contribution in [0.3, 0.4) is 0 Å². The van der Waals surface area contributed by atoms with Crippen LogP contribution in [-0.2, 0) is 0 Å². The lowest BCUT2D eigenvalue weighted by Crippen LogP contribution is -2.32. The number of furan rings is 2. The molecule has 3 heteroatoms. The van der Waals surface area contributed by atoms with Gasteiger partial charge in [0, 0.05) is 27.9 Å². The number of nitrogens with zero attached hydrogens (tertiary/aromatic N) is 1. The summed E-state index contributed by atoms with van der Waals surface area (Å²) in [5.74, 6) is 0.256. The van der Waals surface area contributed by atoms with Crippen LogP contribution in [0.25, 0.3) is 66.7 Å². The minimum atomic E-state index is 0.256. The standard InChI is InChI=1S/C52H35NO2/c1-3-14-34(15-4-1)40-31-28-36-18-7-8-19-39(36)49(40)37-26-29-38(30-27-37)53(44-22-13-25-48-50(44)42-20-9-11-23-46(42)54-48)45-33-32-41(35-16-5-2-6-17-35)52-51(45)43-21-10-12-24-47(43)55-52/h1-30,32-33,40H,31H2. The number of para-hydroxylation sites is 2. The van der Waals surface area contributed by atoms with Crippen LogP contribution < -0.4 is 15.3 Å². The Morgan fingerprint density at radius 1 is 0.455 bits per heavy atom. The van der Waals surface area contributed by atoms with Gasteiger partial charge in [0.1, 0.15) is 22.3 Å². The van der Waals surface area contributed by atoms with Gasteiger partial charge in [-0.3, -0.25) is 0 Å². The van der Waals surface area contributed by atoms with Gasteiger partial charge in [0.25, 0.3) is 0 Å². The molecule has 0 saturated heterocycles. The fraction of sp³-hybridized carbons (Fsp3) is 0.0385. The largest absolute Gasteiger partial charge is 0.456 e. The maximum absolute atomic E-state index is 6.78. The number of hydrogen-bond acceptors (Lipinski definition) is 3. The third kappa shape index (κ3) is 5.12. The van der Waals surface area contributed by atoms with Gasteiger partial charge in [-0.15, -0.1) is 0 Å². The molecule has 10 aromatic rings. The predicted molar refractivity (Wildman–Crippen MR) is 228 cm³/mol. The number of hydrogen-bond donors (Lipinski definition) is 0. The second-order valence-corrected chi connectivity index (χ2v) is 14.3.